The van der Waals surface area contributed by atoms with Gasteiger partial charge in [0.15, 0.2) is 0 Å². The van der Waals surface area contributed by atoms with E-state index in [9.17, 15) is 14.0 Å². The predicted octanol–water partition coefficient (Wildman–Crippen LogP) is 4.08. The average molecular weight is 370 g/mol. The van der Waals surface area contributed by atoms with Crippen molar-refractivity contribution in [2.24, 2.45) is 5.92 Å². The van der Waals surface area contributed by atoms with Crippen molar-refractivity contribution in [1.29, 1.82) is 0 Å². The minimum Gasteiger partial charge on any atom is -0.354 e. The minimum absolute atomic E-state index is 0.125. The van der Waals surface area contributed by atoms with Crippen LogP contribution in [0.2, 0.25) is 0 Å². The van der Waals surface area contributed by atoms with Gasteiger partial charge >= 0.3 is 0 Å². The molecule has 0 unspecified atom stereocenters. The molecule has 0 radical (unpaired) electrons. The van der Waals surface area contributed by atoms with E-state index in [0.29, 0.717) is 6.54 Å². The first-order valence-corrected chi connectivity index (χ1v) is 9.31. The Morgan fingerprint density at radius 2 is 1.67 bits per heavy atom. The van der Waals surface area contributed by atoms with Crippen molar-refractivity contribution in [1.82, 2.24) is 10.2 Å². The molecule has 0 aliphatic carbocycles. The van der Waals surface area contributed by atoms with Gasteiger partial charge in [-0.2, -0.15) is 0 Å². The van der Waals surface area contributed by atoms with Crippen molar-refractivity contribution < 1.29 is 14.0 Å². The largest absolute Gasteiger partial charge is 0.354 e. The summed E-state index contributed by atoms with van der Waals surface area (Å²) in [7, 11) is 0. The normalized spacial score (nSPS) is 11.9. The monoisotopic (exact) mass is 370 g/mol. The fourth-order valence-corrected chi connectivity index (χ4v) is 2.87. The molecule has 4 nitrogen and oxygen atoms in total. The van der Waals surface area contributed by atoms with Crippen LogP contribution in [-0.4, -0.2) is 23.3 Å². The summed E-state index contributed by atoms with van der Waals surface area (Å²) in [6, 6.07) is 14.5. The van der Waals surface area contributed by atoms with E-state index >= 15 is 0 Å². The molecule has 2 aromatic rings. The third kappa shape index (κ3) is 5.64. The molecule has 0 saturated carbocycles. The third-order valence-electron chi connectivity index (χ3n) is 4.27. The molecule has 0 heterocycles. The molecule has 0 saturated heterocycles. The predicted molar refractivity (Wildman–Crippen MR) is 104 cm³/mol. The quantitative estimate of drug-likeness (QED) is 0.761. The fraction of sp³-hybridized carbons (Fsp3) is 0.364. The zero-order valence-corrected chi connectivity index (χ0v) is 16.1. The molecule has 0 fully saturated rings. The van der Waals surface area contributed by atoms with Crippen LogP contribution in [0.15, 0.2) is 54.6 Å². The average Bonchev–Trinajstić information content (AvgIpc) is 2.67. The first-order chi connectivity index (χ1) is 12.9. The Hall–Kier alpha value is -2.69. The zero-order valence-electron chi connectivity index (χ0n) is 16.1. The summed E-state index contributed by atoms with van der Waals surface area (Å²) in [5, 5.41) is 2.91. The Labute approximate surface area is 160 Å². The number of carbonyl (C=O) groups is 2. The first kappa shape index (κ1) is 20.6. The molecule has 0 aliphatic heterocycles. The highest BCUT2D eigenvalue weighted by molar-refractivity contribution is 5.89. The lowest BCUT2D eigenvalue weighted by Crippen LogP contribution is -2.45. The number of benzene rings is 2. The Morgan fingerprint density at radius 1 is 1.04 bits per heavy atom. The summed E-state index contributed by atoms with van der Waals surface area (Å²) in [5.74, 6) is -0.935. The summed E-state index contributed by atoms with van der Waals surface area (Å²) < 4.78 is 13.3. The Bertz CT molecular complexity index is 745. The van der Waals surface area contributed by atoms with Gasteiger partial charge in [0, 0.05) is 19.0 Å². The van der Waals surface area contributed by atoms with Gasteiger partial charge in [-0.15, -0.1) is 0 Å². The highest BCUT2D eigenvalue weighted by atomic mass is 19.1. The van der Waals surface area contributed by atoms with Crippen molar-refractivity contribution in [3.8, 4) is 0 Å². The van der Waals surface area contributed by atoms with E-state index in [1.54, 1.807) is 17.0 Å². The Kier molecular flexibility index (Phi) is 7.53. The van der Waals surface area contributed by atoms with Crippen LogP contribution >= 0.6 is 0 Å². The molecule has 5 heteroatoms. The second-order valence-corrected chi connectivity index (χ2v) is 6.85. The van der Waals surface area contributed by atoms with Gasteiger partial charge in [-0.1, -0.05) is 63.2 Å². The van der Waals surface area contributed by atoms with Gasteiger partial charge in [0.1, 0.15) is 11.9 Å². The summed E-state index contributed by atoms with van der Waals surface area (Å²) in [4.78, 5) is 27.5. The van der Waals surface area contributed by atoms with Crippen LogP contribution < -0.4 is 5.32 Å². The Balaban J connectivity index is 2.43. The lowest BCUT2D eigenvalue weighted by Gasteiger charge is -2.33. The molecule has 1 atom stereocenters. The molecule has 2 aromatic carbocycles. The third-order valence-corrected chi connectivity index (χ3v) is 4.27. The van der Waals surface area contributed by atoms with Crippen LogP contribution in [0, 0.1) is 11.7 Å². The van der Waals surface area contributed by atoms with Crippen molar-refractivity contribution in [3.63, 3.8) is 0 Å². The van der Waals surface area contributed by atoms with Crippen molar-refractivity contribution >= 4 is 11.8 Å². The maximum absolute atomic E-state index is 13.3. The van der Waals surface area contributed by atoms with Gasteiger partial charge < -0.3 is 10.2 Å². The van der Waals surface area contributed by atoms with E-state index in [-0.39, 0.29) is 30.1 Å². The van der Waals surface area contributed by atoms with Gasteiger partial charge in [-0.05, 0) is 29.7 Å². The number of nitrogens with zero attached hydrogens (tertiary/aromatic N) is 1. The molecule has 2 amide bonds. The van der Waals surface area contributed by atoms with Crippen LogP contribution in [0.4, 0.5) is 4.39 Å². The number of carbonyl (C=O) groups excluding carboxylic acids is 2. The Morgan fingerprint density at radius 3 is 2.22 bits per heavy atom. The van der Waals surface area contributed by atoms with E-state index in [1.165, 1.54) is 12.1 Å². The smallest absolute Gasteiger partial charge is 0.247 e. The molecule has 27 heavy (non-hydrogen) atoms. The topological polar surface area (TPSA) is 49.4 Å². The van der Waals surface area contributed by atoms with Crippen LogP contribution in [0.1, 0.15) is 44.4 Å². The van der Waals surface area contributed by atoms with E-state index < -0.39 is 6.04 Å². The number of hydrogen-bond donors (Lipinski definition) is 1. The second kappa shape index (κ2) is 9.86. The molecular weight excluding hydrogens is 343 g/mol. The number of halogens is 1. The van der Waals surface area contributed by atoms with Crippen molar-refractivity contribution in [2.75, 3.05) is 6.54 Å². The molecule has 1 N–H and O–H groups in total. The molecule has 0 aromatic heterocycles. The van der Waals surface area contributed by atoms with Gasteiger partial charge in [-0.3, -0.25) is 9.59 Å². The highest BCUT2D eigenvalue weighted by Gasteiger charge is 2.32. The van der Waals surface area contributed by atoms with Crippen molar-refractivity contribution in [3.05, 3.63) is 71.5 Å². The molecular formula is C22H27FN2O2. The van der Waals surface area contributed by atoms with Crippen LogP contribution in [0.3, 0.4) is 0 Å². The molecule has 2 rings (SSSR count). The highest BCUT2D eigenvalue weighted by Crippen LogP contribution is 2.25. The molecule has 144 valence electrons. The van der Waals surface area contributed by atoms with Crippen LogP contribution in [-0.2, 0) is 16.1 Å². The maximum Gasteiger partial charge on any atom is 0.247 e. The number of nitrogens with one attached hydrogen (secondary N) is 1. The molecule has 0 aliphatic rings. The van der Waals surface area contributed by atoms with Crippen LogP contribution in [0.25, 0.3) is 0 Å². The van der Waals surface area contributed by atoms with E-state index in [2.05, 4.69) is 5.32 Å². The lowest BCUT2D eigenvalue weighted by molar-refractivity contribution is -0.144. The van der Waals surface area contributed by atoms with Crippen molar-refractivity contribution in [2.45, 2.75) is 39.8 Å². The lowest BCUT2D eigenvalue weighted by atomic mass is 10.0. The second-order valence-electron chi connectivity index (χ2n) is 6.85. The zero-order chi connectivity index (χ0) is 19.8. The van der Waals surface area contributed by atoms with Gasteiger partial charge in [0.05, 0.1) is 0 Å². The summed E-state index contributed by atoms with van der Waals surface area (Å²) in [5.41, 5.74) is 1.52. The standard InChI is InChI=1S/C22H27FN2O2/c1-4-14-24-21(26)20(18-8-6-5-7-9-18)25(22(27)16(2)3)15-17-10-12-19(23)13-11-17/h5-13,16,20H,4,14-15H2,1-3H3,(H,24,26)/t20-/m1/s1. The van der Waals surface area contributed by atoms with E-state index in [4.69, 9.17) is 0 Å². The SMILES string of the molecule is CCCNC(=O)[C@@H](c1ccccc1)N(Cc1ccc(F)cc1)C(=O)C(C)C. The van der Waals surface area contributed by atoms with Gasteiger partial charge in [0.25, 0.3) is 0 Å². The number of hydrogen-bond acceptors (Lipinski definition) is 2. The molecule has 0 bridgehead atoms. The van der Waals surface area contributed by atoms with E-state index in [0.717, 1.165) is 17.5 Å². The summed E-state index contributed by atoms with van der Waals surface area (Å²) in [6.45, 7) is 6.38. The van der Waals surface area contributed by atoms with Crippen LogP contribution in [0.5, 0.6) is 0 Å². The van der Waals surface area contributed by atoms with Gasteiger partial charge in [-0.25, -0.2) is 4.39 Å². The number of rotatable bonds is 8. The summed E-state index contributed by atoms with van der Waals surface area (Å²) >= 11 is 0. The number of amides is 2. The van der Waals surface area contributed by atoms with E-state index in [1.807, 2.05) is 51.1 Å². The first-order valence-electron chi connectivity index (χ1n) is 9.31. The van der Waals surface area contributed by atoms with Gasteiger partial charge in [0.2, 0.25) is 11.8 Å². The molecule has 0 spiro atoms. The minimum atomic E-state index is -0.738. The fourth-order valence-electron chi connectivity index (χ4n) is 2.87. The maximum atomic E-state index is 13.3. The summed E-state index contributed by atoms with van der Waals surface area (Å²) in [6.07, 6.45) is 0.809.